The summed E-state index contributed by atoms with van der Waals surface area (Å²) in [4.78, 5) is 17.2. The fraction of sp³-hybridized carbons (Fsp3) is 0.200. The number of ether oxygens (including phenoxy) is 1. The molecule has 1 N–H and O–H groups in total. The van der Waals surface area contributed by atoms with Crippen LogP contribution in [0.15, 0.2) is 59.6 Å². The van der Waals surface area contributed by atoms with E-state index in [1.54, 1.807) is 36.4 Å². The smallest absolute Gasteiger partial charge is 0.271 e. The molecule has 0 radical (unpaired) electrons. The molecule has 1 aliphatic carbocycles. The molecular formula is C20H16Cl2N2O4S2. The molecule has 1 amide bonds. The first-order chi connectivity index (χ1) is 14.3. The first-order valence-corrected chi connectivity index (χ1v) is 12.1. The van der Waals surface area contributed by atoms with E-state index in [1.807, 2.05) is 0 Å². The van der Waals surface area contributed by atoms with Crippen molar-refractivity contribution in [3.63, 3.8) is 0 Å². The van der Waals surface area contributed by atoms with Crippen molar-refractivity contribution in [2.24, 2.45) is 0 Å². The van der Waals surface area contributed by atoms with Crippen molar-refractivity contribution in [2.75, 3.05) is 5.32 Å². The van der Waals surface area contributed by atoms with Gasteiger partial charge in [0.2, 0.25) is 6.10 Å². The number of aromatic nitrogens is 1. The molecule has 1 fully saturated rings. The first kappa shape index (κ1) is 21.1. The number of rotatable bonds is 7. The molecular weight excluding hydrogens is 467 g/mol. The molecule has 3 aromatic rings. The Morgan fingerprint density at radius 3 is 2.53 bits per heavy atom. The summed E-state index contributed by atoms with van der Waals surface area (Å²) in [6, 6.07) is 12.8. The topological polar surface area (TPSA) is 85.4 Å². The van der Waals surface area contributed by atoms with Gasteiger partial charge in [0.15, 0.2) is 15.0 Å². The van der Waals surface area contributed by atoms with Crippen LogP contribution in [0.1, 0.15) is 24.5 Å². The minimum Gasteiger partial charge on any atom is -0.476 e. The van der Waals surface area contributed by atoms with Crippen LogP contribution in [0, 0.1) is 0 Å². The second kappa shape index (κ2) is 8.55. The van der Waals surface area contributed by atoms with Gasteiger partial charge >= 0.3 is 0 Å². The Kier molecular flexibility index (Phi) is 6.02. The van der Waals surface area contributed by atoms with Gasteiger partial charge in [-0.25, -0.2) is 13.4 Å². The van der Waals surface area contributed by atoms with Gasteiger partial charge < -0.3 is 4.74 Å². The highest BCUT2D eigenvalue weighted by atomic mass is 35.5. The highest BCUT2D eigenvalue weighted by molar-refractivity contribution is 7.92. The molecule has 30 heavy (non-hydrogen) atoms. The molecule has 1 unspecified atom stereocenters. The predicted octanol–water partition coefficient (Wildman–Crippen LogP) is 5.14. The third-order valence-corrected chi connectivity index (χ3v) is 8.01. The molecule has 0 spiro atoms. The molecule has 0 saturated heterocycles. The average molecular weight is 483 g/mol. The number of hydrogen-bond donors (Lipinski definition) is 1. The molecule has 1 aliphatic rings. The van der Waals surface area contributed by atoms with Gasteiger partial charge in [0.1, 0.15) is 10.1 Å². The van der Waals surface area contributed by atoms with Crippen LogP contribution in [0.5, 0.6) is 5.75 Å². The van der Waals surface area contributed by atoms with Crippen LogP contribution in [0.2, 0.25) is 9.36 Å². The molecule has 1 aromatic heterocycles. The average Bonchev–Trinajstić information content (AvgIpc) is 3.51. The number of anilines is 1. The lowest BCUT2D eigenvalue weighted by atomic mass is 10.1. The monoisotopic (exact) mass is 482 g/mol. The Balaban J connectivity index is 1.67. The van der Waals surface area contributed by atoms with E-state index in [1.165, 1.54) is 18.3 Å². The molecule has 156 valence electrons. The number of carbonyl (C=O) groups is 1. The van der Waals surface area contributed by atoms with Gasteiger partial charge in [0.25, 0.3) is 5.91 Å². The quantitative estimate of drug-likeness (QED) is 0.503. The number of nitrogens with one attached hydrogen (secondary N) is 1. The summed E-state index contributed by atoms with van der Waals surface area (Å²) in [5.41, 5.74) is 0.409. The van der Waals surface area contributed by atoms with E-state index >= 15 is 0 Å². The Hall–Kier alpha value is -2.13. The molecule has 0 bridgehead atoms. The highest BCUT2D eigenvalue weighted by Gasteiger charge is 2.37. The van der Waals surface area contributed by atoms with E-state index in [4.69, 9.17) is 27.9 Å². The van der Waals surface area contributed by atoms with Crippen molar-refractivity contribution < 1.29 is 17.9 Å². The molecule has 6 nitrogen and oxygen atoms in total. The van der Waals surface area contributed by atoms with E-state index in [0.717, 1.165) is 11.3 Å². The van der Waals surface area contributed by atoms with Gasteiger partial charge in [-0.05, 0) is 49.2 Å². The maximum absolute atomic E-state index is 13.0. The zero-order valence-electron chi connectivity index (χ0n) is 15.4. The summed E-state index contributed by atoms with van der Waals surface area (Å²) in [6.45, 7) is 0. The maximum Gasteiger partial charge on any atom is 0.271 e. The minimum absolute atomic E-state index is 0.178. The van der Waals surface area contributed by atoms with E-state index in [0.29, 0.717) is 38.6 Å². The number of amides is 1. The van der Waals surface area contributed by atoms with Crippen molar-refractivity contribution in [1.82, 2.24) is 4.98 Å². The fourth-order valence-electron chi connectivity index (χ4n) is 2.83. The lowest BCUT2D eigenvalue weighted by Gasteiger charge is -2.19. The standard InChI is InChI=1S/C20H16Cl2N2O4S2/c21-13-4-6-14(7-5-13)28-18(19(25)24-20-23-11-17(22)29-20)12-2-1-3-16(10-12)30(26,27)15-8-9-15/h1-7,10-11,15,18H,8-9H2,(H,23,24,25). The van der Waals surface area contributed by atoms with Crippen LogP contribution in [-0.4, -0.2) is 24.6 Å². The Morgan fingerprint density at radius 1 is 1.17 bits per heavy atom. The molecule has 1 heterocycles. The second-order valence-electron chi connectivity index (χ2n) is 6.73. The summed E-state index contributed by atoms with van der Waals surface area (Å²) in [7, 11) is -3.41. The third kappa shape index (κ3) is 4.78. The summed E-state index contributed by atoms with van der Waals surface area (Å²) in [5.74, 6) is -0.0934. The van der Waals surface area contributed by atoms with E-state index < -0.39 is 21.8 Å². The van der Waals surface area contributed by atoms with Gasteiger partial charge in [0.05, 0.1) is 16.3 Å². The van der Waals surface area contributed by atoms with E-state index in [9.17, 15) is 13.2 Å². The van der Waals surface area contributed by atoms with Crippen molar-refractivity contribution in [3.05, 3.63) is 69.7 Å². The maximum atomic E-state index is 13.0. The Morgan fingerprint density at radius 2 is 1.90 bits per heavy atom. The summed E-state index contributed by atoms with van der Waals surface area (Å²) < 4.78 is 31.6. The summed E-state index contributed by atoms with van der Waals surface area (Å²) >= 11 is 12.9. The number of sulfone groups is 1. The number of hydrogen-bond acceptors (Lipinski definition) is 6. The van der Waals surface area contributed by atoms with Crippen LogP contribution < -0.4 is 10.1 Å². The predicted molar refractivity (Wildman–Crippen MR) is 117 cm³/mol. The van der Waals surface area contributed by atoms with Gasteiger partial charge in [-0.1, -0.05) is 46.7 Å². The molecule has 1 atom stereocenters. The lowest BCUT2D eigenvalue weighted by Crippen LogP contribution is -2.26. The van der Waals surface area contributed by atoms with Gasteiger partial charge in [-0.3, -0.25) is 10.1 Å². The molecule has 10 heteroatoms. The lowest BCUT2D eigenvalue weighted by molar-refractivity contribution is -0.123. The van der Waals surface area contributed by atoms with Gasteiger partial charge in [-0.2, -0.15) is 0 Å². The summed E-state index contributed by atoms with van der Waals surface area (Å²) in [6.07, 6.45) is 1.63. The van der Waals surface area contributed by atoms with Crippen LogP contribution in [0.4, 0.5) is 5.13 Å². The van der Waals surface area contributed by atoms with Crippen LogP contribution in [0.25, 0.3) is 0 Å². The Labute approximate surface area is 187 Å². The van der Waals surface area contributed by atoms with Gasteiger partial charge in [0, 0.05) is 10.6 Å². The SMILES string of the molecule is O=C(Nc1ncc(Cl)s1)C(Oc1ccc(Cl)cc1)c1cccc(S(=O)(=O)C2CC2)c1. The normalized spacial score (nSPS) is 14.9. The second-order valence-corrected chi connectivity index (χ2v) is 11.1. The zero-order valence-corrected chi connectivity index (χ0v) is 18.6. The van der Waals surface area contributed by atoms with Crippen molar-refractivity contribution in [2.45, 2.75) is 29.1 Å². The number of carbonyl (C=O) groups excluding carboxylic acids is 1. The van der Waals surface area contributed by atoms with Gasteiger partial charge in [-0.15, -0.1) is 0 Å². The number of nitrogens with zero attached hydrogens (tertiary/aromatic N) is 1. The third-order valence-electron chi connectivity index (χ3n) is 4.47. The zero-order chi connectivity index (χ0) is 21.3. The highest BCUT2D eigenvalue weighted by Crippen LogP contribution is 2.35. The fourth-order valence-corrected chi connectivity index (χ4v) is 5.48. The van der Waals surface area contributed by atoms with Crippen LogP contribution in [-0.2, 0) is 14.6 Å². The minimum atomic E-state index is -3.41. The number of benzene rings is 2. The van der Waals surface area contributed by atoms with Crippen molar-refractivity contribution in [1.29, 1.82) is 0 Å². The number of halogens is 2. The van der Waals surface area contributed by atoms with E-state index in [-0.39, 0.29) is 10.1 Å². The van der Waals surface area contributed by atoms with Crippen LogP contribution in [0.3, 0.4) is 0 Å². The molecule has 0 aliphatic heterocycles. The van der Waals surface area contributed by atoms with Crippen molar-refractivity contribution >= 4 is 55.4 Å². The van der Waals surface area contributed by atoms with Crippen molar-refractivity contribution in [3.8, 4) is 5.75 Å². The number of thiazole rings is 1. The molecule has 2 aromatic carbocycles. The first-order valence-electron chi connectivity index (χ1n) is 9.01. The van der Waals surface area contributed by atoms with Crippen LogP contribution >= 0.6 is 34.5 Å². The largest absolute Gasteiger partial charge is 0.476 e. The summed E-state index contributed by atoms with van der Waals surface area (Å²) in [5, 5.41) is 3.16. The molecule has 4 rings (SSSR count). The molecule has 1 saturated carbocycles. The Bertz CT molecular complexity index is 1180. The van der Waals surface area contributed by atoms with E-state index in [2.05, 4.69) is 10.3 Å².